The van der Waals surface area contributed by atoms with Crippen LogP contribution in [0.1, 0.15) is 31.2 Å². The summed E-state index contributed by atoms with van der Waals surface area (Å²) >= 11 is 0. The summed E-state index contributed by atoms with van der Waals surface area (Å²) in [5, 5.41) is 0. The van der Waals surface area contributed by atoms with E-state index in [4.69, 9.17) is 0 Å². The fraction of sp³-hybridized carbons (Fsp3) is 0.571. The Kier molecular flexibility index (Phi) is 3.16. The van der Waals surface area contributed by atoms with Gasteiger partial charge in [0.25, 0.3) is 0 Å². The maximum atomic E-state index is 12.1. The summed E-state index contributed by atoms with van der Waals surface area (Å²) in [6.07, 6.45) is 4.75. The number of sulfonamides is 1. The van der Waals surface area contributed by atoms with Crippen LogP contribution in [0.5, 0.6) is 0 Å². The predicted octanol–water partition coefficient (Wildman–Crippen LogP) is 2.29. The van der Waals surface area contributed by atoms with E-state index in [2.05, 4.69) is 4.72 Å². The van der Waals surface area contributed by atoms with Crippen LogP contribution in [0.2, 0.25) is 0 Å². The Bertz CT molecular complexity index is 512. The molecule has 0 radical (unpaired) electrons. The molecule has 4 heteroatoms. The molecule has 2 aliphatic carbocycles. The van der Waals surface area contributed by atoms with Crippen LogP contribution < -0.4 is 4.72 Å². The van der Waals surface area contributed by atoms with E-state index in [1.807, 2.05) is 30.3 Å². The van der Waals surface area contributed by atoms with Crippen molar-refractivity contribution >= 4 is 10.0 Å². The third kappa shape index (κ3) is 2.59. The van der Waals surface area contributed by atoms with Crippen LogP contribution in [0.15, 0.2) is 30.3 Å². The van der Waals surface area contributed by atoms with Gasteiger partial charge in [-0.1, -0.05) is 36.8 Å². The minimum atomic E-state index is -3.19. The number of rotatable bonds is 4. The Morgan fingerprint density at radius 3 is 2.50 bits per heavy atom. The van der Waals surface area contributed by atoms with Gasteiger partial charge >= 0.3 is 0 Å². The average Bonchev–Trinajstić information content (AvgIpc) is 2.90. The molecule has 2 fully saturated rings. The van der Waals surface area contributed by atoms with Gasteiger partial charge in [-0.3, -0.25) is 0 Å². The standard InChI is InChI=1S/C14H19NO2S/c16-18(17,10-11-4-2-1-3-5-11)15-14-9-12-6-7-13(14)8-12/h1-5,12-15H,6-10H2/t12-,13-,14-/m1/s1. The molecular formula is C14H19NO2S. The van der Waals surface area contributed by atoms with Crippen LogP contribution in [0.25, 0.3) is 0 Å². The molecule has 1 aromatic carbocycles. The monoisotopic (exact) mass is 265 g/mol. The zero-order valence-corrected chi connectivity index (χ0v) is 11.2. The Morgan fingerprint density at radius 1 is 1.11 bits per heavy atom. The number of fused-ring (bicyclic) bond motifs is 2. The third-order valence-corrected chi connectivity index (χ3v) is 5.64. The first-order valence-corrected chi connectivity index (χ1v) is 8.31. The van der Waals surface area contributed by atoms with Gasteiger partial charge in [-0.15, -0.1) is 0 Å². The van der Waals surface area contributed by atoms with Crippen molar-refractivity contribution in [1.29, 1.82) is 0 Å². The second kappa shape index (κ2) is 4.67. The largest absolute Gasteiger partial charge is 0.216 e. The highest BCUT2D eigenvalue weighted by atomic mass is 32.2. The van der Waals surface area contributed by atoms with Crippen molar-refractivity contribution in [2.75, 3.05) is 0 Å². The molecule has 2 aliphatic rings. The fourth-order valence-corrected chi connectivity index (χ4v) is 4.92. The van der Waals surface area contributed by atoms with Gasteiger partial charge in [0.2, 0.25) is 10.0 Å². The summed E-state index contributed by atoms with van der Waals surface area (Å²) in [5.41, 5.74) is 0.855. The molecule has 98 valence electrons. The first-order chi connectivity index (χ1) is 8.62. The van der Waals surface area contributed by atoms with E-state index in [1.54, 1.807) is 0 Å². The third-order valence-electron chi connectivity index (χ3n) is 4.27. The van der Waals surface area contributed by atoms with Crippen LogP contribution in [0.4, 0.5) is 0 Å². The Morgan fingerprint density at radius 2 is 1.89 bits per heavy atom. The van der Waals surface area contributed by atoms with Gasteiger partial charge in [0, 0.05) is 6.04 Å². The molecule has 3 nitrogen and oxygen atoms in total. The maximum Gasteiger partial charge on any atom is 0.216 e. The molecule has 2 bridgehead atoms. The Labute approximate surface area is 109 Å². The molecule has 1 N–H and O–H groups in total. The predicted molar refractivity (Wildman–Crippen MR) is 71.4 cm³/mol. The average molecular weight is 265 g/mol. The quantitative estimate of drug-likeness (QED) is 0.908. The van der Waals surface area contributed by atoms with E-state index in [0.717, 1.165) is 17.9 Å². The normalized spacial score (nSPS) is 30.8. The lowest BCUT2D eigenvalue weighted by Gasteiger charge is -2.22. The summed E-state index contributed by atoms with van der Waals surface area (Å²) in [6, 6.07) is 9.57. The van der Waals surface area contributed by atoms with Gasteiger partial charge in [0.1, 0.15) is 0 Å². The molecule has 3 rings (SSSR count). The molecule has 2 saturated carbocycles. The second-order valence-corrected chi connectivity index (χ2v) is 7.40. The van der Waals surface area contributed by atoms with E-state index in [9.17, 15) is 8.42 Å². The van der Waals surface area contributed by atoms with Crippen molar-refractivity contribution in [2.24, 2.45) is 11.8 Å². The Hall–Kier alpha value is -0.870. The van der Waals surface area contributed by atoms with E-state index < -0.39 is 10.0 Å². The van der Waals surface area contributed by atoms with Crippen LogP contribution in [-0.4, -0.2) is 14.5 Å². The second-order valence-electron chi connectivity index (χ2n) is 5.64. The highest BCUT2D eigenvalue weighted by Gasteiger charge is 2.40. The number of hydrogen-bond acceptors (Lipinski definition) is 2. The minimum absolute atomic E-state index is 0.0989. The number of nitrogens with one attached hydrogen (secondary N) is 1. The number of benzene rings is 1. The summed E-state index contributed by atoms with van der Waals surface area (Å²) in [6.45, 7) is 0. The van der Waals surface area contributed by atoms with Crippen molar-refractivity contribution in [3.05, 3.63) is 35.9 Å². The zero-order valence-electron chi connectivity index (χ0n) is 10.4. The van der Waals surface area contributed by atoms with Gasteiger partial charge < -0.3 is 0 Å². The molecule has 18 heavy (non-hydrogen) atoms. The summed E-state index contributed by atoms with van der Waals surface area (Å²) in [7, 11) is -3.19. The van der Waals surface area contributed by atoms with Crippen LogP contribution >= 0.6 is 0 Å². The molecule has 0 aromatic heterocycles. The SMILES string of the molecule is O=S(=O)(Cc1ccccc1)N[C@@H]1C[C@@H]2CC[C@@H]1C2. The molecular weight excluding hydrogens is 246 g/mol. The van der Waals surface area contributed by atoms with Gasteiger partial charge in [0.15, 0.2) is 0 Å². The lowest BCUT2D eigenvalue weighted by molar-refractivity contribution is 0.390. The zero-order chi connectivity index (χ0) is 12.6. The molecule has 0 amide bonds. The first kappa shape index (κ1) is 12.2. The Balaban J connectivity index is 1.65. The highest BCUT2D eigenvalue weighted by molar-refractivity contribution is 7.88. The lowest BCUT2D eigenvalue weighted by atomic mass is 9.96. The molecule has 0 aliphatic heterocycles. The van der Waals surface area contributed by atoms with E-state index in [0.29, 0.717) is 5.92 Å². The number of hydrogen-bond donors (Lipinski definition) is 1. The van der Waals surface area contributed by atoms with Gasteiger partial charge in [0.05, 0.1) is 5.75 Å². The first-order valence-electron chi connectivity index (χ1n) is 6.66. The summed E-state index contributed by atoms with van der Waals surface area (Å²) in [4.78, 5) is 0. The van der Waals surface area contributed by atoms with Crippen molar-refractivity contribution < 1.29 is 8.42 Å². The van der Waals surface area contributed by atoms with Crippen molar-refractivity contribution in [2.45, 2.75) is 37.5 Å². The molecule has 0 spiro atoms. The molecule has 0 saturated heterocycles. The molecule has 0 heterocycles. The van der Waals surface area contributed by atoms with Crippen LogP contribution in [0.3, 0.4) is 0 Å². The van der Waals surface area contributed by atoms with Gasteiger partial charge in [-0.25, -0.2) is 13.1 Å². The molecule has 0 unspecified atom stereocenters. The molecule has 3 atom stereocenters. The van der Waals surface area contributed by atoms with E-state index in [1.165, 1.54) is 19.3 Å². The highest BCUT2D eigenvalue weighted by Crippen LogP contribution is 2.44. The van der Waals surface area contributed by atoms with Crippen molar-refractivity contribution in [3.63, 3.8) is 0 Å². The van der Waals surface area contributed by atoms with Gasteiger partial charge in [-0.05, 0) is 36.7 Å². The van der Waals surface area contributed by atoms with Crippen molar-refractivity contribution in [3.8, 4) is 0 Å². The van der Waals surface area contributed by atoms with Crippen molar-refractivity contribution in [1.82, 2.24) is 4.72 Å². The van der Waals surface area contributed by atoms with Crippen LogP contribution in [0, 0.1) is 11.8 Å². The van der Waals surface area contributed by atoms with E-state index >= 15 is 0 Å². The molecule has 1 aromatic rings. The topological polar surface area (TPSA) is 46.2 Å². The van der Waals surface area contributed by atoms with Gasteiger partial charge in [-0.2, -0.15) is 0 Å². The van der Waals surface area contributed by atoms with E-state index in [-0.39, 0.29) is 11.8 Å². The fourth-order valence-electron chi connectivity index (χ4n) is 3.46. The van der Waals surface area contributed by atoms with Crippen LogP contribution in [-0.2, 0) is 15.8 Å². The summed E-state index contributed by atoms with van der Waals surface area (Å²) in [5.74, 6) is 1.45. The lowest BCUT2D eigenvalue weighted by Crippen LogP contribution is -2.39. The maximum absolute atomic E-state index is 12.1. The minimum Gasteiger partial charge on any atom is -0.212 e. The smallest absolute Gasteiger partial charge is 0.212 e. The summed E-state index contributed by atoms with van der Waals surface area (Å²) < 4.78 is 27.1.